The topological polar surface area (TPSA) is 84.0 Å². The van der Waals surface area contributed by atoms with Crippen molar-refractivity contribution < 1.29 is 22.7 Å². The maximum Gasteiger partial charge on any atom is 0.302 e. The molecule has 1 spiro atoms. The summed E-state index contributed by atoms with van der Waals surface area (Å²) in [6.45, 7) is 9.37. The van der Waals surface area contributed by atoms with E-state index in [2.05, 4.69) is 29.7 Å². The van der Waals surface area contributed by atoms with Crippen LogP contribution in [0.2, 0.25) is 0 Å². The molecule has 1 aromatic rings. The van der Waals surface area contributed by atoms with Crippen LogP contribution < -0.4 is 0 Å². The highest BCUT2D eigenvalue weighted by atomic mass is 32.2. The summed E-state index contributed by atoms with van der Waals surface area (Å²) in [7, 11) is -3.77. The molecule has 288 valence electrons. The number of unbranched alkanes of at least 4 members (excludes halogenated alkanes) is 1. The highest BCUT2D eigenvalue weighted by Gasteiger charge is 2.59. The molecule has 3 saturated heterocycles. The Bertz CT molecular complexity index is 1500. The van der Waals surface area contributed by atoms with E-state index in [1.165, 1.54) is 36.8 Å². The molecular formula is C42H62N2O5S3. The minimum Gasteiger partial charge on any atom is -0.462 e. The summed E-state index contributed by atoms with van der Waals surface area (Å²) < 4.78 is 37.9. The molecule has 0 aromatic heterocycles. The Morgan fingerprint density at radius 2 is 1.67 bits per heavy atom. The van der Waals surface area contributed by atoms with Crippen LogP contribution in [-0.4, -0.2) is 73.3 Å². The number of thioether (sulfide) groups is 2. The second kappa shape index (κ2) is 20.1. The standard InChI is InChI=1S/C42H62N2O5S3/c1-4-5-6-7-13-16-25-43-32-42-24-15-12-10-8-9-11-14-17-26-44(52(47,48)35-21-19-33(2)20-22-35)27-23-36(37(31-42)41(43)46)40(49-34(3)45)38(42)30-39-50-28-18-29-51-39/h4,6-7,19-22,30,36-38,40H,1,5,8-18,23-29,31-32H2,2-3H3/b7-6-/t36-,37+,38+,40-,42+/m1/s1. The Kier molecular flexibility index (Phi) is 15.9. The Morgan fingerprint density at radius 3 is 2.37 bits per heavy atom. The number of amides is 1. The molecule has 0 N–H and O–H groups in total. The third-order valence-corrected chi connectivity index (χ3v) is 16.1. The second-order valence-electron chi connectivity index (χ2n) is 15.5. The molecule has 5 rings (SSSR count). The monoisotopic (exact) mass is 770 g/mol. The first-order valence-electron chi connectivity index (χ1n) is 19.9. The van der Waals surface area contributed by atoms with Gasteiger partial charge >= 0.3 is 5.97 Å². The normalized spacial score (nSPS) is 28.8. The van der Waals surface area contributed by atoms with Crippen molar-refractivity contribution in [1.82, 2.24) is 9.21 Å². The zero-order valence-corrected chi connectivity index (χ0v) is 34.1. The lowest BCUT2D eigenvalue weighted by atomic mass is 9.53. The number of benzene rings is 1. The summed E-state index contributed by atoms with van der Waals surface area (Å²) in [5.74, 6) is 1.32. The maximum absolute atomic E-state index is 14.6. The molecule has 1 saturated carbocycles. The van der Waals surface area contributed by atoms with E-state index in [-0.39, 0.29) is 41.6 Å². The van der Waals surface area contributed by atoms with Crippen LogP contribution in [0.5, 0.6) is 0 Å². The van der Waals surface area contributed by atoms with Gasteiger partial charge in [-0.15, -0.1) is 30.1 Å². The van der Waals surface area contributed by atoms with Gasteiger partial charge in [0.25, 0.3) is 0 Å². The summed E-state index contributed by atoms with van der Waals surface area (Å²) in [6, 6.07) is 7.13. The lowest BCUT2D eigenvalue weighted by Crippen LogP contribution is -2.64. The number of hydrogen-bond donors (Lipinski definition) is 0. The van der Waals surface area contributed by atoms with Gasteiger partial charge in [-0.2, -0.15) is 4.31 Å². The van der Waals surface area contributed by atoms with Gasteiger partial charge in [-0.3, -0.25) is 9.59 Å². The number of rotatable bonds is 10. The van der Waals surface area contributed by atoms with Crippen LogP contribution >= 0.6 is 23.5 Å². The van der Waals surface area contributed by atoms with E-state index in [4.69, 9.17) is 4.74 Å². The van der Waals surface area contributed by atoms with Crippen molar-refractivity contribution >= 4 is 45.4 Å². The van der Waals surface area contributed by atoms with Crippen molar-refractivity contribution in [2.75, 3.05) is 37.7 Å². The van der Waals surface area contributed by atoms with E-state index in [9.17, 15) is 18.0 Å². The zero-order valence-electron chi connectivity index (χ0n) is 31.6. The van der Waals surface area contributed by atoms with Crippen LogP contribution in [0.4, 0.5) is 0 Å². The van der Waals surface area contributed by atoms with Crippen LogP contribution in [0.25, 0.3) is 0 Å². The predicted octanol–water partition coefficient (Wildman–Crippen LogP) is 9.54. The van der Waals surface area contributed by atoms with Crippen molar-refractivity contribution in [2.45, 2.75) is 121 Å². The molecule has 10 heteroatoms. The lowest BCUT2D eigenvalue weighted by molar-refractivity contribution is -0.184. The first-order chi connectivity index (χ1) is 25.1. The molecule has 3 bridgehead atoms. The number of carbonyl (C=O) groups is 2. The van der Waals surface area contributed by atoms with Crippen molar-refractivity contribution in [3.05, 3.63) is 64.9 Å². The maximum atomic E-state index is 14.6. The molecule has 1 amide bonds. The SMILES string of the molecule is C=CC/C=C\CCCN1C[C@@]23CCCCCCCCCCN(S(=O)(=O)c4ccc(C)cc4)CC[C@@H]([C@@H](OC(C)=O)[C@@H]2C=C2SCCCS2)[C@H](C3)C1=O. The second-order valence-corrected chi connectivity index (χ2v) is 19.9. The third kappa shape index (κ3) is 10.8. The van der Waals surface area contributed by atoms with Gasteiger partial charge in [0.05, 0.1) is 4.90 Å². The summed E-state index contributed by atoms with van der Waals surface area (Å²) in [4.78, 5) is 30.1. The molecule has 0 unspecified atom stereocenters. The summed E-state index contributed by atoms with van der Waals surface area (Å²) in [5.41, 5.74) is 0.807. The van der Waals surface area contributed by atoms with Crippen molar-refractivity contribution in [1.29, 1.82) is 0 Å². The number of sulfonamides is 1. The van der Waals surface area contributed by atoms with Crippen molar-refractivity contribution in [3.8, 4) is 0 Å². The fourth-order valence-electron chi connectivity index (χ4n) is 8.96. The van der Waals surface area contributed by atoms with E-state index in [0.717, 1.165) is 81.3 Å². The molecule has 52 heavy (non-hydrogen) atoms. The van der Waals surface area contributed by atoms with Gasteiger partial charge < -0.3 is 9.64 Å². The van der Waals surface area contributed by atoms with Gasteiger partial charge in [-0.1, -0.05) is 86.9 Å². The van der Waals surface area contributed by atoms with Crippen LogP contribution in [0.1, 0.15) is 109 Å². The van der Waals surface area contributed by atoms with Crippen LogP contribution in [0.15, 0.2) is 64.3 Å². The first kappa shape index (κ1) is 41.2. The number of likely N-dealkylation sites (tertiary alicyclic amines) is 1. The number of piperidine rings is 1. The van der Waals surface area contributed by atoms with Gasteiger partial charge in [0, 0.05) is 55.1 Å². The van der Waals surface area contributed by atoms with E-state index in [1.807, 2.05) is 48.7 Å². The molecule has 0 radical (unpaired) electrons. The first-order valence-corrected chi connectivity index (χ1v) is 23.3. The number of aryl methyl sites for hydroxylation is 1. The summed E-state index contributed by atoms with van der Waals surface area (Å²) in [5, 5.41) is 0. The van der Waals surface area contributed by atoms with Crippen LogP contribution in [-0.2, 0) is 24.3 Å². The van der Waals surface area contributed by atoms with Gasteiger partial charge in [0.1, 0.15) is 6.10 Å². The largest absolute Gasteiger partial charge is 0.462 e. The Balaban J connectivity index is 1.55. The average molecular weight is 771 g/mol. The average Bonchev–Trinajstić information content (AvgIpc) is 3.13. The number of fused-ring (bicyclic) bond motifs is 4. The highest BCUT2D eigenvalue weighted by Crippen LogP contribution is 2.57. The van der Waals surface area contributed by atoms with E-state index >= 15 is 0 Å². The minimum absolute atomic E-state index is 0.0494. The molecule has 1 aliphatic carbocycles. The van der Waals surface area contributed by atoms with E-state index in [1.54, 1.807) is 16.4 Å². The van der Waals surface area contributed by atoms with E-state index in [0.29, 0.717) is 31.0 Å². The van der Waals surface area contributed by atoms with Gasteiger partial charge in [-0.05, 0) is 87.3 Å². The molecular weight excluding hydrogens is 709 g/mol. The summed E-state index contributed by atoms with van der Waals surface area (Å²) >= 11 is 3.81. The highest BCUT2D eigenvalue weighted by molar-refractivity contribution is 8.22. The van der Waals surface area contributed by atoms with Crippen LogP contribution in [0, 0.1) is 30.1 Å². The Hall–Kier alpha value is -2.01. The molecule has 3 aliphatic heterocycles. The van der Waals surface area contributed by atoms with Gasteiger partial charge in [-0.25, -0.2) is 8.42 Å². The van der Waals surface area contributed by atoms with E-state index < -0.39 is 16.1 Å². The number of hydrogen-bond acceptors (Lipinski definition) is 7. The number of esters is 1. The smallest absolute Gasteiger partial charge is 0.302 e. The fourth-order valence-corrected chi connectivity index (χ4v) is 12.9. The molecule has 4 fully saturated rings. The number of carbonyl (C=O) groups excluding carboxylic acids is 2. The molecule has 7 nitrogen and oxygen atoms in total. The van der Waals surface area contributed by atoms with Crippen LogP contribution in [0.3, 0.4) is 0 Å². The third-order valence-electron chi connectivity index (χ3n) is 11.6. The quantitative estimate of drug-likeness (QED) is 0.133. The predicted molar refractivity (Wildman–Crippen MR) is 217 cm³/mol. The van der Waals surface area contributed by atoms with Gasteiger partial charge in [0.2, 0.25) is 15.9 Å². The summed E-state index contributed by atoms with van der Waals surface area (Å²) in [6.07, 6.45) is 22.9. The number of nitrogens with zero attached hydrogens (tertiary/aromatic N) is 2. The Labute approximate surface area is 322 Å². The van der Waals surface area contributed by atoms with Gasteiger partial charge in [0.15, 0.2) is 0 Å². The van der Waals surface area contributed by atoms with Crippen molar-refractivity contribution in [3.63, 3.8) is 0 Å². The molecule has 4 aliphatic rings. The van der Waals surface area contributed by atoms with Crippen molar-refractivity contribution in [2.24, 2.45) is 23.2 Å². The lowest BCUT2D eigenvalue weighted by Gasteiger charge is -2.58. The molecule has 3 heterocycles. The minimum atomic E-state index is -3.77. The Morgan fingerprint density at radius 1 is 0.981 bits per heavy atom. The fraction of sp³-hybridized carbons (Fsp3) is 0.667. The number of allylic oxidation sites excluding steroid dienone is 3. The zero-order chi connectivity index (χ0) is 37.0. The molecule has 1 aromatic carbocycles. The number of ether oxygens (including phenoxy) is 1. The molecule has 5 atom stereocenters.